The minimum absolute atomic E-state index is 0.0949. The molecule has 0 unspecified atom stereocenters. The van der Waals surface area contributed by atoms with Crippen LogP contribution in [0.2, 0.25) is 0 Å². The second kappa shape index (κ2) is 8.07. The molecule has 0 heterocycles. The van der Waals surface area contributed by atoms with Crippen LogP contribution in [0.1, 0.15) is 20.8 Å². The highest BCUT2D eigenvalue weighted by Crippen LogP contribution is 2.00. The van der Waals surface area contributed by atoms with Crippen LogP contribution in [0, 0.1) is 5.41 Å². The fourth-order valence-electron chi connectivity index (χ4n) is 1.11. The zero-order valence-corrected chi connectivity index (χ0v) is 11.9. The van der Waals surface area contributed by atoms with Crippen molar-refractivity contribution in [2.75, 3.05) is 20.2 Å². The van der Waals surface area contributed by atoms with Crippen molar-refractivity contribution in [2.24, 2.45) is 0 Å². The molecule has 19 heavy (non-hydrogen) atoms. The van der Waals surface area contributed by atoms with Crippen molar-refractivity contribution in [2.45, 2.75) is 20.8 Å². The van der Waals surface area contributed by atoms with Crippen molar-refractivity contribution < 1.29 is 14.3 Å². The molecule has 0 aliphatic rings. The van der Waals surface area contributed by atoms with Crippen LogP contribution in [0.3, 0.4) is 0 Å². The lowest BCUT2D eigenvalue weighted by atomic mass is 10.3. The van der Waals surface area contributed by atoms with Crippen LogP contribution in [0.25, 0.3) is 0 Å². The summed E-state index contributed by atoms with van der Waals surface area (Å²) in [6.45, 7) is 8.69. The Labute approximate surface area is 113 Å². The topological polar surface area (TPSA) is 82.5 Å². The molecule has 0 saturated heterocycles. The molecule has 106 valence electrons. The van der Waals surface area contributed by atoms with Gasteiger partial charge in [-0.3, -0.25) is 0 Å². The lowest BCUT2D eigenvalue weighted by molar-refractivity contribution is -0.138. The van der Waals surface area contributed by atoms with Gasteiger partial charge in [0.15, 0.2) is 0 Å². The van der Waals surface area contributed by atoms with Crippen LogP contribution in [-0.4, -0.2) is 42.8 Å². The molecule has 0 aromatic carbocycles. The number of ether oxygens (including phenoxy) is 1. The number of allylic oxidation sites excluding steroid dienone is 2. The number of carbonyl (C=O) groups is 2. The van der Waals surface area contributed by atoms with E-state index in [9.17, 15) is 9.59 Å². The van der Waals surface area contributed by atoms with E-state index < -0.39 is 5.97 Å². The van der Waals surface area contributed by atoms with Gasteiger partial charge in [0.25, 0.3) is 0 Å². The van der Waals surface area contributed by atoms with Crippen LogP contribution in [-0.2, 0) is 9.53 Å². The van der Waals surface area contributed by atoms with Crippen molar-refractivity contribution >= 4 is 17.7 Å². The van der Waals surface area contributed by atoms with Crippen LogP contribution in [0.4, 0.5) is 4.79 Å². The van der Waals surface area contributed by atoms with Crippen molar-refractivity contribution in [3.05, 3.63) is 23.9 Å². The maximum absolute atomic E-state index is 11.7. The molecule has 0 rings (SSSR count). The summed E-state index contributed by atoms with van der Waals surface area (Å²) in [5.74, 6) is -0.474. The number of carbonyl (C=O) groups excluding carboxylic acids is 2. The Morgan fingerprint density at radius 1 is 1.37 bits per heavy atom. The number of esters is 1. The van der Waals surface area contributed by atoms with Crippen molar-refractivity contribution in [1.82, 2.24) is 10.2 Å². The molecule has 0 aliphatic carbocycles. The average Bonchev–Trinajstić information content (AvgIpc) is 2.31. The van der Waals surface area contributed by atoms with Crippen molar-refractivity contribution in [3.8, 4) is 0 Å². The molecular weight excluding hydrogens is 246 g/mol. The first-order chi connectivity index (χ1) is 8.75. The third kappa shape index (κ3) is 7.03. The van der Waals surface area contributed by atoms with Gasteiger partial charge in [-0.2, -0.15) is 0 Å². The predicted octanol–water partition coefficient (Wildman–Crippen LogP) is 1.69. The number of hydrogen-bond acceptors (Lipinski definition) is 4. The van der Waals surface area contributed by atoms with E-state index in [4.69, 9.17) is 10.1 Å². The van der Waals surface area contributed by atoms with Crippen LogP contribution >= 0.6 is 0 Å². The van der Waals surface area contributed by atoms with E-state index in [-0.39, 0.29) is 19.2 Å². The summed E-state index contributed by atoms with van der Waals surface area (Å²) in [7, 11) is 1.60. The van der Waals surface area contributed by atoms with Gasteiger partial charge in [-0.1, -0.05) is 6.58 Å². The van der Waals surface area contributed by atoms with E-state index in [1.54, 1.807) is 33.9 Å². The minimum Gasteiger partial charge on any atom is -0.460 e. The smallest absolute Gasteiger partial charge is 0.333 e. The summed E-state index contributed by atoms with van der Waals surface area (Å²) >= 11 is 0. The fraction of sp³-hybridized carbons (Fsp3) is 0.462. The highest BCUT2D eigenvalue weighted by atomic mass is 16.5. The van der Waals surface area contributed by atoms with Gasteiger partial charge in [0.2, 0.25) is 0 Å². The van der Waals surface area contributed by atoms with E-state index in [0.29, 0.717) is 17.0 Å². The molecule has 0 fully saturated rings. The Balaban J connectivity index is 4.09. The summed E-state index contributed by atoms with van der Waals surface area (Å²) in [5.41, 5.74) is 1.35. The molecule has 0 aliphatic heterocycles. The molecule has 2 amide bonds. The molecule has 0 saturated carbocycles. The first-order valence-electron chi connectivity index (χ1n) is 5.83. The second-order valence-corrected chi connectivity index (χ2v) is 4.18. The third-order valence-corrected chi connectivity index (χ3v) is 2.22. The van der Waals surface area contributed by atoms with Crippen molar-refractivity contribution in [1.29, 1.82) is 5.41 Å². The van der Waals surface area contributed by atoms with Gasteiger partial charge in [0.05, 0.1) is 6.54 Å². The summed E-state index contributed by atoms with van der Waals surface area (Å²) in [5, 5.41) is 9.91. The van der Waals surface area contributed by atoms with Crippen LogP contribution in [0.5, 0.6) is 0 Å². The lowest BCUT2D eigenvalue weighted by Gasteiger charge is -2.18. The first kappa shape index (κ1) is 16.9. The minimum atomic E-state index is -0.474. The normalized spacial score (nSPS) is 10.6. The molecule has 6 nitrogen and oxygen atoms in total. The molecule has 0 atom stereocenters. The zero-order valence-electron chi connectivity index (χ0n) is 11.9. The predicted molar refractivity (Wildman–Crippen MR) is 74.1 cm³/mol. The summed E-state index contributed by atoms with van der Waals surface area (Å²) < 4.78 is 4.84. The molecule has 6 heteroatoms. The van der Waals surface area contributed by atoms with Gasteiger partial charge in [0.1, 0.15) is 6.61 Å². The maximum atomic E-state index is 11.7. The van der Waals surface area contributed by atoms with Gasteiger partial charge in [-0.25, -0.2) is 9.59 Å². The Kier molecular flexibility index (Phi) is 7.18. The standard InChI is InChI=1S/C13H21N3O3/c1-9(2)12(17)19-7-6-15-13(18)16(5)11(4)8-10(3)14/h8,14H,1,6-7H2,2-5H3,(H,15,18)/b11-8-,14-10?. The Bertz CT molecular complexity index is 413. The van der Waals surface area contributed by atoms with E-state index in [0.717, 1.165) is 0 Å². The molecule has 0 bridgehead atoms. The number of urea groups is 1. The zero-order chi connectivity index (χ0) is 15.0. The quantitative estimate of drug-likeness (QED) is 0.332. The molecule has 0 aromatic heterocycles. The number of amides is 2. The second-order valence-electron chi connectivity index (χ2n) is 4.18. The van der Waals surface area contributed by atoms with Crippen LogP contribution in [0.15, 0.2) is 23.9 Å². The first-order valence-corrected chi connectivity index (χ1v) is 5.83. The van der Waals surface area contributed by atoms with Crippen molar-refractivity contribution in [3.63, 3.8) is 0 Å². The monoisotopic (exact) mass is 267 g/mol. The van der Waals surface area contributed by atoms with Crippen LogP contribution < -0.4 is 5.32 Å². The fourth-order valence-corrected chi connectivity index (χ4v) is 1.11. The number of nitrogens with zero attached hydrogens (tertiary/aromatic N) is 1. The highest BCUT2D eigenvalue weighted by molar-refractivity contribution is 5.91. The Morgan fingerprint density at radius 2 is 1.95 bits per heavy atom. The summed E-state index contributed by atoms with van der Waals surface area (Å²) in [6.07, 6.45) is 1.58. The summed E-state index contributed by atoms with van der Waals surface area (Å²) in [4.78, 5) is 24.2. The Hall–Kier alpha value is -2.11. The molecular formula is C13H21N3O3. The third-order valence-electron chi connectivity index (χ3n) is 2.22. The van der Waals surface area contributed by atoms with Gasteiger partial charge in [-0.15, -0.1) is 0 Å². The number of rotatable bonds is 6. The summed E-state index contributed by atoms with van der Waals surface area (Å²) in [6, 6.07) is -0.318. The largest absolute Gasteiger partial charge is 0.460 e. The molecule has 0 spiro atoms. The number of nitrogens with one attached hydrogen (secondary N) is 2. The maximum Gasteiger partial charge on any atom is 0.333 e. The molecule has 0 radical (unpaired) electrons. The molecule has 0 aromatic rings. The highest BCUT2D eigenvalue weighted by Gasteiger charge is 2.10. The van der Waals surface area contributed by atoms with Gasteiger partial charge < -0.3 is 20.4 Å². The average molecular weight is 267 g/mol. The molecule has 2 N–H and O–H groups in total. The Morgan fingerprint density at radius 3 is 2.42 bits per heavy atom. The van der Waals surface area contributed by atoms with E-state index in [2.05, 4.69) is 11.9 Å². The van der Waals surface area contributed by atoms with Gasteiger partial charge in [0, 0.05) is 24.0 Å². The van der Waals surface area contributed by atoms with Gasteiger partial charge in [-0.05, 0) is 26.8 Å². The number of hydrogen-bond donors (Lipinski definition) is 2. The SMILES string of the molecule is C=C(C)C(=O)OCCNC(=O)N(C)/C(C)=C\C(C)=N. The van der Waals surface area contributed by atoms with Gasteiger partial charge >= 0.3 is 12.0 Å². The lowest BCUT2D eigenvalue weighted by Crippen LogP contribution is -2.38. The van der Waals surface area contributed by atoms with E-state index in [1.165, 1.54) is 4.90 Å². The van der Waals surface area contributed by atoms with E-state index >= 15 is 0 Å². The van der Waals surface area contributed by atoms with E-state index in [1.807, 2.05) is 0 Å².